The normalized spacial score (nSPS) is 12.0. The molecule has 0 unspecified atom stereocenters. The van der Waals surface area contributed by atoms with Crippen LogP contribution in [0.1, 0.15) is 96.8 Å². The molecule has 3 N–H and O–H groups in total. The van der Waals surface area contributed by atoms with Gasteiger partial charge >= 0.3 is 7.82 Å². The first-order valence-corrected chi connectivity index (χ1v) is 11.7. The van der Waals surface area contributed by atoms with E-state index in [1.807, 2.05) is 0 Å². The molecule has 5 nitrogen and oxygen atoms in total. The largest absolute Gasteiger partial charge is 0.466 e. The summed E-state index contributed by atoms with van der Waals surface area (Å²) in [6.07, 6.45) is 20.4. The molecule has 0 atom stereocenters. The van der Waals surface area contributed by atoms with Crippen LogP contribution in [0.2, 0.25) is 0 Å². The smallest absolute Gasteiger partial charge is 0.331 e. The van der Waals surface area contributed by atoms with Gasteiger partial charge in [0, 0.05) is 0 Å². The van der Waals surface area contributed by atoms with E-state index in [1.54, 1.807) is 0 Å². The number of hydrogen-bond acceptors (Lipinski definition) is 1. The van der Waals surface area contributed by atoms with Crippen molar-refractivity contribution in [2.24, 2.45) is 0 Å². The highest BCUT2D eigenvalue weighted by molar-refractivity contribution is 7.45. The second kappa shape index (κ2) is 17.5. The van der Waals surface area contributed by atoms with Crippen molar-refractivity contribution in [3.05, 3.63) is 0 Å². The van der Waals surface area contributed by atoms with E-state index in [2.05, 4.69) is 28.1 Å². The molecule has 0 aromatic rings. The van der Waals surface area contributed by atoms with E-state index in [9.17, 15) is 0 Å². The standard InChI is InChI=1S/C19H42N.H3O4P/c1-5-6-7-8-9-10-11-12-13-14-15-16-17-18-19-20(2,3)4;1-5(2,3)4/h5-19H2,1-4H3;(H3,1,2,3,4)/q+1;. The Morgan fingerprint density at radius 3 is 1.08 bits per heavy atom. The maximum Gasteiger partial charge on any atom is 0.466 e. The fourth-order valence-corrected chi connectivity index (χ4v) is 2.78. The van der Waals surface area contributed by atoms with Crippen molar-refractivity contribution >= 4 is 7.82 Å². The lowest BCUT2D eigenvalue weighted by Crippen LogP contribution is -2.35. The third-order valence-electron chi connectivity index (χ3n) is 4.18. The van der Waals surface area contributed by atoms with E-state index in [0.29, 0.717) is 0 Å². The topological polar surface area (TPSA) is 77.8 Å². The van der Waals surface area contributed by atoms with E-state index >= 15 is 0 Å². The lowest BCUT2D eigenvalue weighted by atomic mass is 10.0. The van der Waals surface area contributed by atoms with E-state index in [4.69, 9.17) is 19.2 Å². The van der Waals surface area contributed by atoms with Gasteiger partial charge in [-0.25, -0.2) is 4.57 Å². The Morgan fingerprint density at radius 2 is 0.840 bits per heavy atom. The summed E-state index contributed by atoms with van der Waals surface area (Å²) in [5.74, 6) is 0. The lowest BCUT2D eigenvalue weighted by molar-refractivity contribution is -0.870. The van der Waals surface area contributed by atoms with Gasteiger partial charge in [-0.1, -0.05) is 84.0 Å². The Kier molecular flexibility index (Phi) is 19.1. The summed E-state index contributed by atoms with van der Waals surface area (Å²) in [6, 6.07) is 0. The second-order valence-corrected chi connectivity index (χ2v) is 9.15. The fourth-order valence-electron chi connectivity index (χ4n) is 2.78. The SMILES string of the molecule is CCCCCCCCCCCCCCCC[N+](C)(C)C.O=P(O)(O)O. The molecule has 0 aromatic heterocycles. The van der Waals surface area contributed by atoms with E-state index in [1.165, 1.54) is 96.4 Å². The van der Waals surface area contributed by atoms with Gasteiger partial charge in [0.15, 0.2) is 0 Å². The van der Waals surface area contributed by atoms with Gasteiger partial charge in [0.1, 0.15) is 0 Å². The Bertz CT molecular complexity index is 305. The third kappa shape index (κ3) is 40.2. The Labute approximate surface area is 156 Å². The summed E-state index contributed by atoms with van der Waals surface area (Å²) < 4.78 is 10.0. The molecule has 0 saturated heterocycles. The van der Waals surface area contributed by atoms with Crippen molar-refractivity contribution in [3.63, 3.8) is 0 Å². The summed E-state index contributed by atoms with van der Waals surface area (Å²) in [5.41, 5.74) is 0. The van der Waals surface area contributed by atoms with Crippen LogP contribution in [-0.2, 0) is 4.57 Å². The number of quaternary nitrogens is 1. The van der Waals surface area contributed by atoms with E-state index in [-0.39, 0.29) is 0 Å². The molecule has 0 bridgehead atoms. The van der Waals surface area contributed by atoms with Crippen molar-refractivity contribution in [1.82, 2.24) is 0 Å². The lowest BCUT2D eigenvalue weighted by Gasteiger charge is -2.23. The molecule has 6 heteroatoms. The molecule has 0 aromatic carbocycles. The molecule has 0 heterocycles. The summed E-state index contributed by atoms with van der Waals surface area (Å²) in [7, 11) is 2.24. The molecule has 25 heavy (non-hydrogen) atoms. The predicted molar refractivity (Wildman–Crippen MR) is 107 cm³/mol. The van der Waals surface area contributed by atoms with Gasteiger partial charge < -0.3 is 19.2 Å². The summed E-state index contributed by atoms with van der Waals surface area (Å²) in [5, 5.41) is 0. The predicted octanol–water partition coefficient (Wildman–Crippen LogP) is 5.25. The molecule has 0 spiro atoms. The molecule has 0 aliphatic carbocycles. The highest BCUT2D eigenvalue weighted by atomic mass is 31.2. The third-order valence-corrected chi connectivity index (χ3v) is 4.18. The zero-order valence-electron chi connectivity index (χ0n) is 17.3. The maximum absolute atomic E-state index is 8.88. The van der Waals surface area contributed by atoms with Crippen molar-refractivity contribution in [1.29, 1.82) is 0 Å². The minimum Gasteiger partial charge on any atom is -0.331 e. The average molecular weight is 383 g/mol. The first-order valence-electron chi connectivity index (χ1n) is 10.1. The Morgan fingerprint density at radius 1 is 0.600 bits per heavy atom. The summed E-state index contributed by atoms with van der Waals surface area (Å²) >= 11 is 0. The second-order valence-electron chi connectivity index (χ2n) is 8.12. The van der Waals surface area contributed by atoms with Crippen LogP contribution in [0.3, 0.4) is 0 Å². The number of rotatable bonds is 15. The molecular weight excluding hydrogens is 337 g/mol. The molecule has 0 saturated carbocycles. The minimum atomic E-state index is -4.64. The number of phosphoric acid groups is 1. The first kappa shape index (κ1) is 27.3. The van der Waals surface area contributed by atoms with Gasteiger partial charge in [-0.15, -0.1) is 0 Å². The van der Waals surface area contributed by atoms with Gasteiger partial charge in [-0.2, -0.15) is 0 Å². The number of unbranched alkanes of at least 4 members (excludes halogenated alkanes) is 13. The van der Waals surface area contributed by atoms with Gasteiger partial charge in [0.25, 0.3) is 0 Å². The van der Waals surface area contributed by atoms with Crippen LogP contribution in [-0.4, -0.2) is 46.9 Å². The van der Waals surface area contributed by atoms with Crippen molar-refractivity contribution < 1.29 is 23.7 Å². The Balaban J connectivity index is 0. The molecule has 154 valence electrons. The summed E-state index contributed by atoms with van der Waals surface area (Å²) in [6.45, 7) is 3.63. The highest BCUT2D eigenvalue weighted by Gasteiger charge is 2.04. The van der Waals surface area contributed by atoms with Crippen LogP contribution in [0, 0.1) is 0 Å². The molecule has 0 fully saturated rings. The average Bonchev–Trinajstić information content (AvgIpc) is 2.45. The van der Waals surface area contributed by atoms with Crippen LogP contribution in [0.4, 0.5) is 0 Å². The van der Waals surface area contributed by atoms with Gasteiger partial charge in [-0.05, 0) is 12.8 Å². The zero-order valence-corrected chi connectivity index (χ0v) is 18.1. The zero-order chi connectivity index (χ0) is 19.6. The van der Waals surface area contributed by atoms with Crippen LogP contribution in [0.25, 0.3) is 0 Å². The van der Waals surface area contributed by atoms with Crippen molar-refractivity contribution in [2.75, 3.05) is 27.7 Å². The summed E-state index contributed by atoms with van der Waals surface area (Å²) in [4.78, 5) is 21.6. The monoisotopic (exact) mass is 382 g/mol. The minimum absolute atomic E-state index is 1.12. The maximum atomic E-state index is 8.88. The number of hydrogen-bond donors (Lipinski definition) is 3. The first-order chi connectivity index (χ1) is 11.6. The molecule has 0 rings (SSSR count). The van der Waals surface area contributed by atoms with Crippen LogP contribution >= 0.6 is 7.82 Å². The molecule has 0 radical (unpaired) electrons. The van der Waals surface area contributed by atoms with Crippen LogP contribution in [0.15, 0.2) is 0 Å². The van der Waals surface area contributed by atoms with Crippen molar-refractivity contribution in [2.45, 2.75) is 96.8 Å². The van der Waals surface area contributed by atoms with Gasteiger partial charge in [0.05, 0.1) is 27.7 Å². The van der Waals surface area contributed by atoms with Crippen LogP contribution < -0.4 is 0 Å². The molecule has 0 aliphatic rings. The van der Waals surface area contributed by atoms with Crippen LogP contribution in [0.5, 0.6) is 0 Å². The quantitative estimate of drug-likeness (QED) is 0.205. The van der Waals surface area contributed by atoms with E-state index < -0.39 is 7.82 Å². The van der Waals surface area contributed by atoms with Gasteiger partial charge in [-0.3, -0.25) is 0 Å². The molecule has 0 aliphatic heterocycles. The Hall–Kier alpha value is 0.0700. The molecule has 0 amide bonds. The highest BCUT2D eigenvalue weighted by Crippen LogP contribution is 2.25. The van der Waals surface area contributed by atoms with Crippen molar-refractivity contribution in [3.8, 4) is 0 Å². The van der Waals surface area contributed by atoms with Gasteiger partial charge in [0.2, 0.25) is 0 Å². The molecular formula is C19H45NO4P+. The fraction of sp³-hybridized carbons (Fsp3) is 1.00. The van der Waals surface area contributed by atoms with E-state index in [0.717, 1.165) is 4.48 Å². The number of nitrogens with zero attached hydrogens (tertiary/aromatic N) is 1.